The van der Waals surface area contributed by atoms with Gasteiger partial charge in [-0.25, -0.2) is 0 Å². The highest BCUT2D eigenvalue weighted by Crippen LogP contribution is 2.26. The van der Waals surface area contributed by atoms with E-state index in [0.29, 0.717) is 0 Å². The number of benzene rings is 2. The van der Waals surface area contributed by atoms with Crippen LogP contribution in [0.2, 0.25) is 0 Å². The molecule has 0 bridgehead atoms. The summed E-state index contributed by atoms with van der Waals surface area (Å²) < 4.78 is 0. The lowest BCUT2D eigenvalue weighted by atomic mass is 9.92. The van der Waals surface area contributed by atoms with Gasteiger partial charge in [0.05, 0.1) is 17.4 Å². The number of rotatable bonds is 6. The Morgan fingerprint density at radius 1 is 1.09 bits per heavy atom. The van der Waals surface area contributed by atoms with Crippen LogP contribution in [-0.2, 0) is 4.79 Å². The van der Waals surface area contributed by atoms with Crippen molar-refractivity contribution >= 4 is 11.7 Å². The summed E-state index contributed by atoms with van der Waals surface area (Å²) in [6, 6.07) is 13.6. The molecule has 23 heavy (non-hydrogen) atoms. The first kappa shape index (κ1) is 16.6. The van der Waals surface area contributed by atoms with E-state index < -0.39 is 17.0 Å². The summed E-state index contributed by atoms with van der Waals surface area (Å²) >= 11 is 0. The fraction of sp³-hybridized carbons (Fsp3) is 0.235. The monoisotopic (exact) mass is 315 g/mol. The standard InChI is InChI=1S/C17H17NO5/c1-11(16(19)10-17(20)21)12-2-4-13(5-3-12)14-6-8-15(9-7-14)18(22)23/h2-9,11,16,19H,10H2,1H3,(H,20,21). The first-order chi connectivity index (χ1) is 10.9. The van der Waals surface area contributed by atoms with Crippen LogP contribution in [0.25, 0.3) is 11.1 Å². The molecule has 2 aromatic carbocycles. The van der Waals surface area contributed by atoms with Crippen LogP contribution < -0.4 is 0 Å². The maximum atomic E-state index is 10.7. The number of hydrogen-bond donors (Lipinski definition) is 2. The molecule has 0 amide bonds. The minimum absolute atomic E-state index is 0.0378. The number of carboxylic acids is 1. The molecule has 2 atom stereocenters. The Balaban J connectivity index is 2.15. The Morgan fingerprint density at radius 2 is 1.57 bits per heavy atom. The van der Waals surface area contributed by atoms with Gasteiger partial charge in [-0.15, -0.1) is 0 Å². The van der Waals surface area contributed by atoms with Gasteiger partial charge in [-0.1, -0.05) is 31.2 Å². The van der Waals surface area contributed by atoms with Gasteiger partial charge in [0, 0.05) is 18.1 Å². The van der Waals surface area contributed by atoms with Gasteiger partial charge in [-0.05, 0) is 28.8 Å². The number of hydrogen-bond acceptors (Lipinski definition) is 4. The van der Waals surface area contributed by atoms with Crippen LogP contribution in [-0.4, -0.2) is 27.2 Å². The molecule has 0 saturated carbocycles. The molecule has 0 radical (unpaired) electrons. The largest absolute Gasteiger partial charge is 0.481 e. The van der Waals surface area contributed by atoms with Crippen molar-refractivity contribution in [3.63, 3.8) is 0 Å². The summed E-state index contributed by atoms with van der Waals surface area (Å²) in [7, 11) is 0. The molecule has 0 aliphatic rings. The fourth-order valence-corrected chi connectivity index (χ4v) is 2.33. The van der Waals surface area contributed by atoms with E-state index in [1.165, 1.54) is 12.1 Å². The van der Waals surface area contributed by atoms with E-state index >= 15 is 0 Å². The number of nitrogens with zero attached hydrogens (tertiary/aromatic N) is 1. The van der Waals surface area contributed by atoms with E-state index in [0.717, 1.165) is 16.7 Å². The maximum absolute atomic E-state index is 10.7. The molecule has 2 aromatic rings. The summed E-state index contributed by atoms with van der Waals surface area (Å²) in [4.78, 5) is 20.9. The van der Waals surface area contributed by atoms with Crippen molar-refractivity contribution in [3.8, 4) is 11.1 Å². The summed E-state index contributed by atoms with van der Waals surface area (Å²) in [6.45, 7) is 1.77. The van der Waals surface area contributed by atoms with E-state index in [4.69, 9.17) is 5.11 Å². The molecule has 2 N–H and O–H groups in total. The van der Waals surface area contributed by atoms with Crippen molar-refractivity contribution in [2.75, 3.05) is 0 Å². The van der Waals surface area contributed by atoms with E-state index in [1.54, 1.807) is 19.1 Å². The second kappa shape index (κ2) is 7.02. The molecule has 2 rings (SSSR count). The van der Waals surface area contributed by atoms with Gasteiger partial charge >= 0.3 is 5.97 Å². The van der Waals surface area contributed by atoms with Gasteiger partial charge in [-0.2, -0.15) is 0 Å². The zero-order chi connectivity index (χ0) is 17.0. The first-order valence-electron chi connectivity index (χ1n) is 7.13. The average Bonchev–Trinajstić information content (AvgIpc) is 2.53. The zero-order valence-electron chi connectivity index (χ0n) is 12.5. The van der Waals surface area contributed by atoms with Crippen LogP contribution in [0.15, 0.2) is 48.5 Å². The van der Waals surface area contributed by atoms with Crippen molar-refractivity contribution in [2.24, 2.45) is 0 Å². The highest BCUT2D eigenvalue weighted by atomic mass is 16.6. The van der Waals surface area contributed by atoms with Crippen LogP contribution in [0.4, 0.5) is 5.69 Å². The Morgan fingerprint density at radius 3 is 2.00 bits per heavy atom. The first-order valence-corrected chi connectivity index (χ1v) is 7.13. The predicted molar refractivity (Wildman–Crippen MR) is 85.2 cm³/mol. The third-order valence-corrected chi connectivity index (χ3v) is 3.81. The number of nitro groups is 1. The quantitative estimate of drug-likeness (QED) is 0.629. The number of carboxylic acid groups (broad SMARTS) is 1. The van der Waals surface area contributed by atoms with Crippen molar-refractivity contribution in [3.05, 3.63) is 64.2 Å². The third kappa shape index (κ3) is 4.14. The number of nitro benzene ring substituents is 1. The van der Waals surface area contributed by atoms with Gasteiger partial charge in [0.25, 0.3) is 5.69 Å². The normalized spacial score (nSPS) is 13.3. The van der Waals surface area contributed by atoms with Gasteiger partial charge in [0.1, 0.15) is 0 Å². The Bertz CT molecular complexity index is 694. The molecule has 0 aliphatic heterocycles. The van der Waals surface area contributed by atoms with Crippen molar-refractivity contribution < 1.29 is 19.9 Å². The minimum atomic E-state index is -1.04. The average molecular weight is 315 g/mol. The van der Waals surface area contributed by atoms with Crippen molar-refractivity contribution in [2.45, 2.75) is 25.4 Å². The van der Waals surface area contributed by atoms with E-state index in [2.05, 4.69) is 0 Å². The maximum Gasteiger partial charge on any atom is 0.305 e. The molecular formula is C17H17NO5. The molecule has 6 nitrogen and oxygen atoms in total. The fourth-order valence-electron chi connectivity index (χ4n) is 2.33. The predicted octanol–water partition coefficient (Wildman–Crippen LogP) is 3.20. The summed E-state index contributed by atoms with van der Waals surface area (Å²) in [5, 5.41) is 29.2. The molecule has 120 valence electrons. The minimum Gasteiger partial charge on any atom is -0.481 e. The zero-order valence-corrected chi connectivity index (χ0v) is 12.5. The molecule has 0 saturated heterocycles. The Kier molecular flexibility index (Phi) is 5.08. The van der Waals surface area contributed by atoms with Gasteiger partial charge in [0.2, 0.25) is 0 Å². The summed E-state index contributed by atoms with van der Waals surface area (Å²) in [5.41, 5.74) is 2.62. The SMILES string of the molecule is CC(c1ccc(-c2ccc([N+](=O)[O-])cc2)cc1)C(O)CC(=O)O. The van der Waals surface area contributed by atoms with E-state index in [-0.39, 0.29) is 18.0 Å². The van der Waals surface area contributed by atoms with Crippen LogP contribution in [0.5, 0.6) is 0 Å². The molecule has 6 heteroatoms. The van der Waals surface area contributed by atoms with Crippen molar-refractivity contribution in [1.82, 2.24) is 0 Å². The lowest BCUT2D eigenvalue weighted by molar-refractivity contribution is -0.384. The highest BCUT2D eigenvalue weighted by Gasteiger charge is 2.19. The Labute approximate surface area is 133 Å². The molecule has 0 heterocycles. The molecule has 0 aromatic heterocycles. The number of aliphatic carboxylic acids is 1. The van der Waals surface area contributed by atoms with E-state index in [1.807, 2.05) is 24.3 Å². The summed E-state index contributed by atoms with van der Waals surface area (Å²) in [5.74, 6) is -1.33. The summed E-state index contributed by atoms with van der Waals surface area (Å²) in [6.07, 6.45) is -1.25. The van der Waals surface area contributed by atoms with Crippen LogP contribution in [0, 0.1) is 10.1 Å². The highest BCUT2D eigenvalue weighted by molar-refractivity contribution is 5.67. The topological polar surface area (TPSA) is 101 Å². The van der Waals surface area contributed by atoms with Crippen LogP contribution >= 0.6 is 0 Å². The van der Waals surface area contributed by atoms with Crippen molar-refractivity contribution in [1.29, 1.82) is 0 Å². The number of aliphatic hydroxyl groups excluding tert-OH is 1. The van der Waals surface area contributed by atoms with Crippen LogP contribution in [0.1, 0.15) is 24.8 Å². The smallest absolute Gasteiger partial charge is 0.305 e. The molecule has 0 fully saturated rings. The van der Waals surface area contributed by atoms with Gasteiger partial charge in [-0.3, -0.25) is 14.9 Å². The Hall–Kier alpha value is -2.73. The van der Waals surface area contributed by atoms with Gasteiger partial charge in [0.15, 0.2) is 0 Å². The second-order valence-corrected chi connectivity index (χ2v) is 5.38. The molecule has 2 unspecified atom stereocenters. The molecular weight excluding hydrogens is 298 g/mol. The number of aliphatic hydroxyl groups is 1. The number of non-ortho nitro benzene ring substituents is 1. The third-order valence-electron chi connectivity index (χ3n) is 3.81. The van der Waals surface area contributed by atoms with E-state index in [9.17, 15) is 20.0 Å². The second-order valence-electron chi connectivity index (χ2n) is 5.38. The lowest BCUT2D eigenvalue weighted by Crippen LogP contribution is -2.19. The molecule has 0 aliphatic carbocycles. The molecule has 0 spiro atoms. The van der Waals surface area contributed by atoms with Crippen LogP contribution in [0.3, 0.4) is 0 Å². The number of carbonyl (C=O) groups is 1. The van der Waals surface area contributed by atoms with Gasteiger partial charge < -0.3 is 10.2 Å². The lowest BCUT2D eigenvalue weighted by Gasteiger charge is -2.18.